The number of H-pyrrole nitrogens is 1. The van der Waals surface area contributed by atoms with E-state index in [9.17, 15) is 28.8 Å². The summed E-state index contributed by atoms with van der Waals surface area (Å²) in [5, 5.41) is 10.9. The maximum atomic E-state index is 12.9. The number of carbonyl (C=O) groups is 4. The number of unbranched alkanes of at least 4 members (excludes halogenated alkanes) is 1. The van der Waals surface area contributed by atoms with Gasteiger partial charge in [0.2, 0.25) is 17.8 Å². The molecular weight excluding hydrogens is 648 g/mol. The van der Waals surface area contributed by atoms with E-state index in [0.717, 1.165) is 24.8 Å². The Morgan fingerprint density at radius 3 is 2.38 bits per heavy atom. The van der Waals surface area contributed by atoms with Crippen LogP contribution in [-0.4, -0.2) is 78.7 Å². The lowest BCUT2D eigenvalue weighted by Crippen LogP contribution is -2.53. The lowest BCUT2D eigenvalue weighted by atomic mass is 10.0. The van der Waals surface area contributed by atoms with Crippen LogP contribution in [0.2, 0.25) is 0 Å². The lowest BCUT2D eigenvalue weighted by molar-refractivity contribution is -0.145. The zero-order chi connectivity index (χ0) is 37.0. The Kier molecular flexibility index (Phi) is 14.5. The maximum absolute atomic E-state index is 12.9. The molecule has 0 aliphatic rings. The van der Waals surface area contributed by atoms with Gasteiger partial charge in [0.25, 0.3) is 5.56 Å². The predicted octanol–water partition coefficient (Wildman–Crippen LogP) is 2.22. The van der Waals surface area contributed by atoms with Crippen LogP contribution in [0.15, 0.2) is 44.3 Å². The molecule has 2 heterocycles. The highest BCUT2D eigenvalue weighted by atomic mass is 16.5. The number of methoxy groups -OCH3 is 1. The summed E-state index contributed by atoms with van der Waals surface area (Å²) < 4.78 is 10.3. The van der Waals surface area contributed by atoms with Crippen molar-refractivity contribution in [2.45, 2.75) is 78.4 Å². The number of benzene rings is 1. The number of hydrogen-bond donors (Lipinski definition) is 6. The van der Waals surface area contributed by atoms with Crippen LogP contribution >= 0.6 is 0 Å². The van der Waals surface area contributed by atoms with Crippen molar-refractivity contribution in [2.75, 3.05) is 37.0 Å². The summed E-state index contributed by atoms with van der Waals surface area (Å²) in [4.78, 5) is 83.7. The molecule has 0 radical (unpaired) electrons. The van der Waals surface area contributed by atoms with Gasteiger partial charge in [-0.1, -0.05) is 13.8 Å². The van der Waals surface area contributed by atoms with Gasteiger partial charge in [-0.3, -0.25) is 24.7 Å². The van der Waals surface area contributed by atoms with Crippen molar-refractivity contribution in [3.8, 4) is 11.3 Å². The number of anilines is 2. The van der Waals surface area contributed by atoms with E-state index in [1.54, 1.807) is 12.1 Å². The minimum Gasteiger partial charge on any atom is -0.467 e. The second-order valence-electron chi connectivity index (χ2n) is 12.2. The molecule has 272 valence electrons. The summed E-state index contributed by atoms with van der Waals surface area (Å²) >= 11 is 0. The Bertz CT molecular complexity index is 1770. The standard InChI is InChI=1S/C34H48N8O8/c1-7-42(8-2)22-13-12-21-16-23(31(46)50-27(21)17-22)25-18-28(43)40-33(39-25)41-34(48)36-14-10-9-11-24(35)30(45)37-20(5)29(44)38-26(15-19(3)4)32(47)49-6/h12-13,16-20,24,26H,7-11,14-15,35H2,1-6H3,(H,37,45)(H,38,44)(H3,36,39,40,41,43,48)/t20-,24-,26-/m0/s1. The van der Waals surface area contributed by atoms with Crippen molar-refractivity contribution in [2.24, 2.45) is 11.7 Å². The molecule has 0 saturated heterocycles. The third-order valence-electron chi connectivity index (χ3n) is 7.92. The monoisotopic (exact) mass is 696 g/mol. The third kappa shape index (κ3) is 11.1. The van der Waals surface area contributed by atoms with Gasteiger partial charge in [0, 0.05) is 42.8 Å². The van der Waals surface area contributed by atoms with Gasteiger partial charge >= 0.3 is 17.6 Å². The first-order valence-electron chi connectivity index (χ1n) is 16.7. The summed E-state index contributed by atoms with van der Waals surface area (Å²) in [5.74, 6) is -1.68. The fraction of sp³-hybridized carbons (Fsp3) is 0.500. The van der Waals surface area contributed by atoms with Crippen LogP contribution in [-0.2, 0) is 19.1 Å². The number of esters is 1. The Hall–Kier alpha value is -5.25. The van der Waals surface area contributed by atoms with E-state index in [2.05, 4.69) is 36.1 Å². The maximum Gasteiger partial charge on any atom is 0.345 e. The predicted molar refractivity (Wildman–Crippen MR) is 190 cm³/mol. The molecule has 1 aromatic carbocycles. The average molecular weight is 697 g/mol. The number of carbonyl (C=O) groups excluding carboxylic acids is 4. The van der Waals surface area contributed by atoms with Crippen LogP contribution < -0.4 is 43.1 Å². The molecule has 50 heavy (non-hydrogen) atoms. The smallest absolute Gasteiger partial charge is 0.345 e. The second-order valence-corrected chi connectivity index (χ2v) is 12.2. The quantitative estimate of drug-likeness (QED) is 0.0681. The van der Waals surface area contributed by atoms with Crippen LogP contribution in [0.5, 0.6) is 0 Å². The molecule has 0 fully saturated rings. The number of rotatable bonds is 17. The van der Waals surface area contributed by atoms with Crippen molar-refractivity contribution < 1.29 is 28.3 Å². The summed E-state index contributed by atoms with van der Waals surface area (Å²) in [5.41, 5.74) is 6.15. The zero-order valence-corrected chi connectivity index (χ0v) is 29.4. The molecule has 4 amide bonds. The van der Waals surface area contributed by atoms with Crippen LogP contribution in [0, 0.1) is 5.92 Å². The Morgan fingerprint density at radius 2 is 1.72 bits per heavy atom. The fourth-order valence-corrected chi connectivity index (χ4v) is 5.20. The summed E-state index contributed by atoms with van der Waals surface area (Å²) in [7, 11) is 1.24. The molecule has 16 heteroatoms. The van der Waals surface area contributed by atoms with E-state index in [1.807, 2.05) is 39.8 Å². The molecule has 2 aromatic heterocycles. The van der Waals surface area contributed by atoms with Crippen molar-refractivity contribution in [1.82, 2.24) is 25.9 Å². The number of ether oxygens (including phenoxy) is 1. The minimum absolute atomic E-state index is 0.0328. The number of nitrogens with one attached hydrogen (secondary N) is 5. The highest BCUT2D eigenvalue weighted by molar-refractivity contribution is 5.92. The summed E-state index contributed by atoms with van der Waals surface area (Å²) in [6.45, 7) is 11.2. The van der Waals surface area contributed by atoms with Crippen LogP contribution in [0.25, 0.3) is 22.2 Å². The normalized spacial score (nSPS) is 12.9. The van der Waals surface area contributed by atoms with E-state index >= 15 is 0 Å². The Labute approximate surface area is 289 Å². The SMILES string of the molecule is CCN(CC)c1ccc2cc(-c3cc(=O)[nH]c(NC(=O)NCCCC[C@H](N)C(=O)N[C@@H](C)C(=O)N[C@@H](CC(C)C)C(=O)OC)n3)c(=O)oc2c1. The largest absolute Gasteiger partial charge is 0.467 e. The number of aromatic nitrogens is 2. The Balaban J connectivity index is 1.49. The lowest BCUT2D eigenvalue weighted by Gasteiger charge is -2.22. The third-order valence-corrected chi connectivity index (χ3v) is 7.92. The van der Waals surface area contributed by atoms with E-state index in [4.69, 9.17) is 14.9 Å². The van der Waals surface area contributed by atoms with Crippen LogP contribution in [0.1, 0.15) is 60.3 Å². The Morgan fingerprint density at radius 1 is 1.00 bits per heavy atom. The first-order chi connectivity index (χ1) is 23.8. The molecule has 0 bridgehead atoms. The van der Waals surface area contributed by atoms with E-state index in [1.165, 1.54) is 14.0 Å². The summed E-state index contributed by atoms with van der Waals surface area (Å²) in [6.07, 6.45) is 1.61. The number of amides is 4. The summed E-state index contributed by atoms with van der Waals surface area (Å²) in [6, 6.07) is 4.96. The van der Waals surface area contributed by atoms with E-state index < -0.39 is 53.1 Å². The zero-order valence-electron chi connectivity index (χ0n) is 29.4. The second kappa shape index (κ2) is 18.5. The van der Waals surface area contributed by atoms with Gasteiger partial charge in [-0.2, -0.15) is 0 Å². The number of urea groups is 1. The van der Waals surface area contributed by atoms with Crippen molar-refractivity contribution in [3.05, 3.63) is 51.1 Å². The first kappa shape index (κ1) is 39.2. The van der Waals surface area contributed by atoms with E-state index in [0.29, 0.717) is 30.2 Å². The van der Waals surface area contributed by atoms with Gasteiger partial charge in [-0.05, 0) is 70.6 Å². The van der Waals surface area contributed by atoms with Crippen LogP contribution in [0.4, 0.5) is 16.4 Å². The molecule has 3 aromatic rings. The molecular formula is C34H48N8O8. The first-order valence-corrected chi connectivity index (χ1v) is 16.7. The van der Waals surface area contributed by atoms with Crippen LogP contribution in [0.3, 0.4) is 0 Å². The molecule has 0 saturated carbocycles. The van der Waals surface area contributed by atoms with Gasteiger partial charge in [0.15, 0.2) is 0 Å². The minimum atomic E-state index is -0.932. The van der Waals surface area contributed by atoms with E-state index in [-0.39, 0.29) is 36.1 Å². The van der Waals surface area contributed by atoms with Gasteiger partial charge < -0.3 is 35.7 Å². The van der Waals surface area contributed by atoms with Gasteiger partial charge in [0.05, 0.1) is 24.4 Å². The number of hydrogen-bond acceptors (Lipinski definition) is 11. The molecule has 0 aliphatic carbocycles. The number of fused-ring (bicyclic) bond motifs is 1. The number of nitrogens with two attached hydrogens (primary N) is 1. The van der Waals surface area contributed by atoms with Gasteiger partial charge in [-0.15, -0.1) is 0 Å². The molecule has 0 spiro atoms. The average Bonchev–Trinajstić information content (AvgIpc) is 3.06. The number of nitrogens with zero attached hydrogens (tertiary/aromatic N) is 2. The molecule has 3 rings (SSSR count). The topological polar surface area (TPSA) is 231 Å². The highest BCUT2D eigenvalue weighted by Crippen LogP contribution is 2.24. The van der Waals surface area contributed by atoms with Gasteiger partial charge in [-0.25, -0.2) is 19.4 Å². The van der Waals surface area contributed by atoms with Crippen molar-refractivity contribution in [1.29, 1.82) is 0 Å². The molecule has 3 atom stereocenters. The fourth-order valence-electron chi connectivity index (χ4n) is 5.20. The van der Waals surface area contributed by atoms with Gasteiger partial charge in [0.1, 0.15) is 17.7 Å². The highest BCUT2D eigenvalue weighted by Gasteiger charge is 2.26. The van der Waals surface area contributed by atoms with Crippen molar-refractivity contribution >= 4 is 46.4 Å². The van der Waals surface area contributed by atoms with Crippen molar-refractivity contribution in [3.63, 3.8) is 0 Å². The molecule has 0 unspecified atom stereocenters. The number of aromatic amines is 1. The molecule has 0 aliphatic heterocycles. The molecule has 7 N–H and O–H groups in total. The molecule has 16 nitrogen and oxygen atoms in total.